The Morgan fingerprint density at radius 1 is 0.900 bits per heavy atom. The van der Waals surface area contributed by atoms with Crippen molar-refractivity contribution in [1.29, 1.82) is 0 Å². The Morgan fingerprint density at radius 2 is 1.55 bits per heavy atom. The van der Waals surface area contributed by atoms with Crippen molar-refractivity contribution >= 4 is 27.8 Å². The number of para-hydroxylation sites is 1. The smallest absolute Gasteiger partial charge is 0.146 e. The van der Waals surface area contributed by atoms with Crippen molar-refractivity contribution < 1.29 is 5.11 Å². The number of phenolic OH excluding ortho intramolecular Hbond substituents is 1. The van der Waals surface area contributed by atoms with Crippen LogP contribution in [0.2, 0.25) is 0 Å². The van der Waals surface area contributed by atoms with Crippen LogP contribution in [-0.4, -0.2) is 5.11 Å². The molecular weight excluding hydrogens is 252 g/mol. The molecule has 0 unspecified atom stereocenters. The van der Waals surface area contributed by atoms with E-state index in [0.29, 0.717) is 22.1 Å². The summed E-state index contributed by atoms with van der Waals surface area (Å²) in [5.41, 5.74) is 1.59. The molecule has 4 nitrogen and oxygen atoms in total. The second-order valence-corrected chi connectivity index (χ2v) is 4.42. The van der Waals surface area contributed by atoms with Crippen LogP contribution < -0.4 is 5.32 Å². The second-order valence-electron chi connectivity index (χ2n) is 4.42. The van der Waals surface area contributed by atoms with Crippen LogP contribution in [-0.2, 0) is 0 Å². The molecule has 0 fully saturated rings. The van der Waals surface area contributed by atoms with Crippen molar-refractivity contribution in [2.45, 2.75) is 0 Å². The van der Waals surface area contributed by atoms with Crippen molar-refractivity contribution in [2.75, 3.05) is 5.32 Å². The molecule has 0 saturated heterocycles. The van der Waals surface area contributed by atoms with E-state index in [1.807, 2.05) is 36.4 Å². The number of phenols is 1. The van der Waals surface area contributed by atoms with E-state index in [-0.39, 0.29) is 5.75 Å². The minimum absolute atomic E-state index is 0.108. The number of nitrogens with zero attached hydrogens (tertiary/aromatic N) is 1. The summed E-state index contributed by atoms with van der Waals surface area (Å²) in [5, 5.41) is 17.7. The lowest BCUT2D eigenvalue weighted by Crippen LogP contribution is -1.91. The first-order chi connectivity index (χ1) is 9.79. The van der Waals surface area contributed by atoms with Gasteiger partial charge in [-0.05, 0) is 23.4 Å². The molecule has 0 saturated carbocycles. The largest absolute Gasteiger partial charge is 0.505 e. The Bertz CT molecular complexity index is 770. The van der Waals surface area contributed by atoms with E-state index in [2.05, 4.69) is 10.5 Å². The summed E-state index contributed by atoms with van der Waals surface area (Å²) in [6, 6.07) is 18.1. The normalized spacial score (nSPS) is 10.4. The van der Waals surface area contributed by atoms with Gasteiger partial charge < -0.3 is 10.4 Å². The van der Waals surface area contributed by atoms with E-state index < -0.39 is 0 Å². The number of hydrogen-bond donors (Lipinski definition) is 2. The van der Waals surface area contributed by atoms with Crippen molar-refractivity contribution in [3.05, 3.63) is 65.6 Å². The maximum atomic E-state index is 11.0. The molecule has 20 heavy (non-hydrogen) atoms. The van der Waals surface area contributed by atoms with Gasteiger partial charge in [-0.1, -0.05) is 42.5 Å². The van der Waals surface area contributed by atoms with E-state index in [0.717, 1.165) is 5.69 Å². The first-order valence-corrected chi connectivity index (χ1v) is 6.20. The summed E-state index contributed by atoms with van der Waals surface area (Å²) in [6.45, 7) is 0. The van der Waals surface area contributed by atoms with Gasteiger partial charge in [-0.25, -0.2) is 0 Å². The lowest BCUT2D eigenvalue weighted by atomic mass is 10.1. The zero-order valence-corrected chi connectivity index (χ0v) is 10.6. The van der Waals surface area contributed by atoms with E-state index in [1.165, 1.54) is 0 Å². The van der Waals surface area contributed by atoms with Crippen LogP contribution in [0.3, 0.4) is 0 Å². The number of aromatic hydroxyl groups is 1. The monoisotopic (exact) mass is 264 g/mol. The van der Waals surface area contributed by atoms with Gasteiger partial charge in [0.05, 0.1) is 5.69 Å². The lowest BCUT2D eigenvalue weighted by molar-refractivity contribution is 0.484. The van der Waals surface area contributed by atoms with Gasteiger partial charge in [0.25, 0.3) is 0 Å². The SMILES string of the molecule is O=Nc1cc(Nc2ccccc2)c(O)c2ccccc12. The van der Waals surface area contributed by atoms with E-state index in [9.17, 15) is 10.0 Å². The van der Waals surface area contributed by atoms with Crippen molar-refractivity contribution in [1.82, 2.24) is 0 Å². The van der Waals surface area contributed by atoms with Gasteiger partial charge in [0.2, 0.25) is 0 Å². The van der Waals surface area contributed by atoms with Crippen LogP contribution in [0.4, 0.5) is 17.1 Å². The summed E-state index contributed by atoms with van der Waals surface area (Å²) < 4.78 is 0. The average Bonchev–Trinajstić information content (AvgIpc) is 2.51. The predicted molar refractivity (Wildman–Crippen MR) is 80.8 cm³/mol. The molecule has 0 spiro atoms. The Kier molecular flexibility index (Phi) is 3.05. The Labute approximate surface area is 115 Å². The van der Waals surface area contributed by atoms with Gasteiger partial charge in [-0.2, -0.15) is 0 Å². The fourth-order valence-electron chi connectivity index (χ4n) is 2.19. The van der Waals surface area contributed by atoms with Crippen LogP contribution in [0.1, 0.15) is 0 Å². The number of nitrogens with one attached hydrogen (secondary N) is 1. The van der Waals surface area contributed by atoms with Crippen molar-refractivity contribution in [3.8, 4) is 5.75 Å². The summed E-state index contributed by atoms with van der Waals surface area (Å²) in [5.74, 6) is 0.108. The summed E-state index contributed by atoms with van der Waals surface area (Å²) in [6.07, 6.45) is 0. The minimum atomic E-state index is 0.108. The third kappa shape index (κ3) is 2.07. The lowest BCUT2D eigenvalue weighted by Gasteiger charge is -2.11. The van der Waals surface area contributed by atoms with Gasteiger partial charge in [0, 0.05) is 16.5 Å². The highest BCUT2D eigenvalue weighted by molar-refractivity contribution is 6.01. The molecule has 3 aromatic carbocycles. The predicted octanol–water partition coefficient (Wildman–Crippen LogP) is 4.69. The molecule has 2 N–H and O–H groups in total. The highest BCUT2D eigenvalue weighted by atomic mass is 16.3. The van der Waals surface area contributed by atoms with Crippen LogP contribution >= 0.6 is 0 Å². The summed E-state index contributed by atoms with van der Waals surface area (Å²) in [4.78, 5) is 11.0. The third-order valence-corrected chi connectivity index (χ3v) is 3.15. The molecule has 0 bridgehead atoms. The topological polar surface area (TPSA) is 61.7 Å². The number of rotatable bonds is 3. The Hall–Kier alpha value is -2.88. The second kappa shape index (κ2) is 5.01. The molecule has 4 heteroatoms. The fourth-order valence-corrected chi connectivity index (χ4v) is 2.19. The minimum Gasteiger partial charge on any atom is -0.505 e. The van der Waals surface area contributed by atoms with Crippen molar-refractivity contribution in [3.63, 3.8) is 0 Å². The maximum Gasteiger partial charge on any atom is 0.146 e. The number of anilines is 2. The van der Waals surface area contributed by atoms with Crippen LogP contribution in [0.15, 0.2) is 65.8 Å². The Morgan fingerprint density at radius 3 is 2.25 bits per heavy atom. The van der Waals surface area contributed by atoms with E-state index >= 15 is 0 Å². The van der Waals surface area contributed by atoms with Gasteiger partial charge in [0.15, 0.2) is 0 Å². The molecule has 0 atom stereocenters. The van der Waals surface area contributed by atoms with E-state index in [1.54, 1.807) is 24.3 Å². The molecule has 0 amide bonds. The molecular formula is C16H12N2O2. The number of hydrogen-bond acceptors (Lipinski definition) is 4. The quantitative estimate of drug-likeness (QED) is 0.533. The van der Waals surface area contributed by atoms with E-state index in [4.69, 9.17) is 0 Å². The van der Waals surface area contributed by atoms with Crippen LogP contribution in [0, 0.1) is 4.91 Å². The van der Waals surface area contributed by atoms with Gasteiger partial charge in [-0.15, -0.1) is 4.91 Å². The highest BCUT2D eigenvalue weighted by Crippen LogP contribution is 2.40. The molecule has 0 aromatic heterocycles. The molecule has 0 aliphatic rings. The van der Waals surface area contributed by atoms with Crippen LogP contribution in [0.5, 0.6) is 5.75 Å². The summed E-state index contributed by atoms with van der Waals surface area (Å²) in [7, 11) is 0. The van der Waals surface area contributed by atoms with Crippen LogP contribution in [0.25, 0.3) is 10.8 Å². The number of fused-ring (bicyclic) bond motifs is 1. The standard InChI is InChI=1S/C16H12N2O2/c19-16-13-9-5-4-8-12(13)14(18-20)10-15(16)17-11-6-2-1-3-7-11/h1-10,17,19H. The zero-order valence-electron chi connectivity index (χ0n) is 10.6. The van der Waals surface area contributed by atoms with Gasteiger partial charge >= 0.3 is 0 Å². The molecule has 0 heterocycles. The average molecular weight is 264 g/mol. The molecule has 0 aliphatic heterocycles. The first kappa shape index (κ1) is 12.2. The highest BCUT2D eigenvalue weighted by Gasteiger charge is 2.11. The summed E-state index contributed by atoms with van der Waals surface area (Å²) >= 11 is 0. The van der Waals surface area contributed by atoms with Gasteiger partial charge in [-0.3, -0.25) is 0 Å². The maximum absolute atomic E-state index is 11.0. The zero-order chi connectivity index (χ0) is 13.9. The molecule has 3 aromatic rings. The molecule has 0 radical (unpaired) electrons. The Balaban J connectivity index is 2.16. The first-order valence-electron chi connectivity index (χ1n) is 6.20. The van der Waals surface area contributed by atoms with Crippen molar-refractivity contribution in [2.24, 2.45) is 5.18 Å². The molecule has 0 aliphatic carbocycles. The van der Waals surface area contributed by atoms with Gasteiger partial charge in [0.1, 0.15) is 11.4 Å². The molecule has 98 valence electrons. The number of nitroso groups, excluding NO2 is 1. The number of benzene rings is 3. The molecule has 3 rings (SSSR count). The fraction of sp³-hybridized carbons (Fsp3) is 0. The third-order valence-electron chi connectivity index (χ3n) is 3.15.